The van der Waals surface area contributed by atoms with Crippen molar-refractivity contribution < 1.29 is 14.3 Å². The van der Waals surface area contributed by atoms with Gasteiger partial charge in [0.05, 0.1) is 12.9 Å². The van der Waals surface area contributed by atoms with Crippen LogP contribution in [-0.4, -0.2) is 39.4 Å². The maximum absolute atomic E-state index is 13.0. The largest absolute Gasteiger partial charge is 0.468 e. The smallest absolute Gasteiger partial charge is 0.316 e. The minimum atomic E-state index is -0.331. The number of carbonyl (C=O) groups is 2. The van der Waals surface area contributed by atoms with Crippen LogP contribution in [0.5, 0.6) is 0 Å². The van der Waals surface area contributed by atoms with Gasteiger partial charge >= 0.3 is 5.97 Å². The zero-order valence-electron chi connectivity index (χ0n) is 17.6. The zero-order chi connectivity index (χ0) is 21.4. The van der Waals surface area contributed by atoms with Crippen LogP contribution in [-0.2, 0) is 14.3 Å². The molecule has 0 bridgehead atoms. The number of fused-ring (bicyclic) bond motifs is 1. The Labute approximate surface area is 180 Å². The first-order chi connectivity index (χ1) is 14.4. The van der Waals surface area contributed by atoms with Crippen molar-refractivity contribution in [2.75, 3.05) is 18.2 Å². The van der Waals surface area contributed by atoms with E-state index in [0.717, 1.165) is 23.3 Å². The Kier molecular flexibility index (Phi) is 5.69. The summed E-state index contributed by atoms with van der Waals surface area (Å²) in [5, 5.41) is 8.44. The predicted octanol–water partition coefficient (Wildman–Crippen LogP) is 3.93. The number of nitrogens with one attached hydrogen (secondary N) is 1. The Balaban J connectivity index is 1.75. The SMILES string of the molecule is COC(=O)CSc1nc2n(n1)C(c1ccc(C(C)C)cc1)C1=C(CC(C)CC1=O)N2. The monoisotopic (exact) mass is 426 g/mol. The fourth-order valence-electron chi connectivity index (χ4n) is 4.00. The van der Waals surface area contributed by atoms with Crippen molar-refractivity contribution in [3.8, 4) is 0 Å². The Morgan fingerprint density at radius 2 is 2.03 bits per heavy atom. The molecule has 30 heavy (non-hydrogen) atoms. The third-order valence-corrected chi connectivity index (χ3v) is 6.38. The molecule has 2 atom stereocenters. The molecular weight excluding hydrogens is 400 g/mol. The molecule has 4 rings (SSSR count). The molecule has 2 heterocycles. The van der Waals surface area contributed by atoms with Gasteiger partial charge in [-0.1, -0.05) is 56.8 Å². The average Bonchev–Trinajstić information content (AvgIpc) is 3.12. The van der Waals surface area contributed by atoms with Crippen LogP contribution in [0.4, 0.5) is 5.95 Å². The maximum atomic E-state index is 13.0. The van der Waals surface area contributed by atoms with Gasteiger partial charge in [-0.05, 0) is 29.4 Å². The molecular formula is C22H26N4O3S. The van der Waals surface area contributed by atoms with Crippen LogP contribution in [0.3, 0.4) is 0 Å². The number of esters is 1. The van der Waals surface area contributed by atoms with Crippen molar-refractivity contribution in [2.45, 2.75) is 50.7 Å². The Hall–Kier alpha value is -2.61. The van der Waals surface area contributed by atoms with Gasteiger partial charge in [0, 0.05) is 17.7 Å². The molecule has 1 N–H and O–H groups in total. The fraction of sp³-hybridized carbons (Fsp3) is 0.455. The third-order valence-electron chi connectivity index (χ3n) is 5.57. The van der Waals surface area contributed by atoms with E-state index in [1.54, 1.807) is 4.68 Å². The lowest BCUT2D eigenvalue weighted by atomic mass is 9.81. The lowest BCUT2D eigenvalue weighted by Gasteiger charge is -2.34. The second-order valence-corrected chi connectivity index (χ2v) is 9.15. The summed E-state index contributed by atoms with van der Waals surface area (Å²) in [5.41, 5.74) is 3.96. The van der Waals surface area contributed by atoms with Crippen LogP contribution in [0, 0.1) is 5.92 Å². The number of aromatic nitrogens is 3. The van der Waals surface area contributed by atoms with Gasteiger partial charge in [-0.2, -0.15) is 4.98 Å². The molecule has 1 aliphatic carbocycles. The minimum Gasteiger partial charge on any atom is -0.468 e. The first-order valence-electron chi connectivity index (χ1n) is 10.2. The van der Waals surface area contributed by atoms with Crippen molar-refractivity contribution in [3.05, 3.63) is 46.7 Å². The molecule has 1 aromatic carbocycles. The first-order valence-corrected chi connectivity index (χ1v) is 11.1. The predicted molar refractivity (Wildman–Crippen MR) is 115 cm³/mol. The lowest BCUT2D eigenvalue weighted by molar-refractivity contribution is -0.137. The zero-order valence-corrected chi connectivity index (χ0v) is 18.5. The number of Topliss-reactive ketones (excluding diaryl/α,β-unsaturated/α-hetero) is 1. The van der Waals surface area contributed by atoms with Gasteiger partial charge < -0.3 is 10.1 Å². The van der Waals surface area contributed by atoms with Gasteiger partial charge in [-0.15, -0.1) is 5.10 Å². The second kappa shape index (κ2) is 8.26. The van der Waals surface area contributed by atoms with E-state index in [2.05, 4.69) is 60.4 Å². The van der Waals surface area contributed by atoms with Gasteiger partial charge in [0.25, 0.3) is 0 Å². The van der Waals surface area contributed by atoms with Gasteiger partial charge in [-0.3, -0.25) is 9.59 Å². The Morgan fingerprint density at radius 3 is 2.70 bits per heavy atom. The van der Waals surface area contributed by atoms with E-state index in [1.807, 2.05) is 0 Å². The van der Waals surface area contributed by atoms with E-state index in [9.17, 15) is 9.59 Å². The molecule has 0 radical (unpaired) electrons. The molecule has 158 valence electrons. The number of thioether (sulfide) groups is 1. The number of hydrogen-bond acceptors (Lipinski definition) is 7. The van der Waals surface area contributed by atoms with E-state index >= 15 is 0 Å². The van der Waals surface area contributed by atoms with Crippen molar-refractivity contribution in [1.82, 2.24) is 14.8 Å². The normalized spacial score (nSPS) is 20.6. The molecule has 2 unspecified atom stereocenters. The average molecular weight is 427 g/mol. The van der Waals surface area contributed by atoms with Gasteiger partial charge in [0.2, 0.25) is 11.1 Å². The van der Waals surface area contributed by atoms with E-state index in [4.69, 9.17) is 4.74 Å². The van der Waals surface area contributed by atoms with Crippen LogP contribution in [0.1, 0.15) is 56.7 Å². The van der Waals surface area contributed by atoms with Crippen LogP contribution >= 0.6 is 11.8 Å². The van der Waals surface area contributed by atoms with Crippen molar-refractivity contribution in [2.24, 2.45) is 5.92 Å². The maximum Gasteiger partial charge on any atom is 0.316 e. The van der Waals surface area contributed by atoms with E-state index in [0.29, 0.717) is 23.4 Å². The third kappa shape index (κ3) is 3.88. The van der Waals surface area contributed by atoms with Crippen LogP contribution in [0.25, 0.3) is 0 Å². The summed E-state index contributed by atoms with van der Waals surface area (Å²) in [7, 11) is 1.36. The summed E-state index contributed by atoms with van der Waals surface area (Å²) in [6.45, 7) is 6.41. The summed E-state index contributed by atoms with van der Waals surface area (Å²) in [5.74, 6) is 1.28. The fourth-order valence-corrected chi connectivity index (χ4v) is 4.66. The number of carbonyl (C=O) groups excluding carboxylic acids is 2. The van der Waals surface area contributed by atoms with E-state index < -0.39 is 0 Å². The number of allylic oxidation sites excluding steroid dienone is 2. The summed E-state index contributed by atoms with van der Waals surface area (Å²) in [4.78, 5) is 29.1. The van der Waals surface area contributed by atoms with Crippen molar-refractivity contribution >= 4 is 29.5 Å². The van der Waals surface area contributed by atoms with E-state index in [-0.39, 0.29) is 29.5 Å². The molecule has 8 heteroatoms. The summed E-state index contributed by atoms with van der Waals surface area (Å²) < 4.78 is 6.48. The number of rotatable bonds is 5. The molecule has 0 saturated heterocycles. The van der Waals surface area contributed by atoms with Gasteiger partial charge in [-0.25, -0.2) is 4.68 Å². The highest BCUT2D eigenvalue weighted by Crippen LogP contribution is 2.42. The van der Waals surface area contributed by atoms with Crippen LogP contribution in [0.2, 0.25) is 0 Å². The highest BCUT2D eigenvalue weighted by Gasteiger charge is 2.38. The highest BCUT2D eigenvalue weighted by molar-refractivity contribution is 7.99. The van der Waals surface area contributed by atoms with Crippen LogP contribution < -0.4 is 5.32 Å². The standard InChI is InChI=1S/C22H26N4O3S/c1-12(2)14-5-7-15(8-6-14)20-19-16(9-13(3)10-17(19)27)23-21-24-22(25-26(20)21)30-11-18(28)29-4/h5-8,12-13,20H,9-11H2,1-4H3,(H,23,24,25). The van der Waals surface area contributed by atoms with Crippen LogP contribution in [0.15, 0.2) is 40.7 Å². The molecule has 1 aromatic heterocycles. The molecule has 0 amide bonds. The number of methoxy groups -OCH3 is 1. The first kappa shape index (κ1) is 20.7. The van der Waals surface area contributed by atoms with Gasteiger partial charge in [0.15, 0.2) is 5.78 Å². The topological polar surface area (TPSA) is 86.1 Å². The number of ketones is 1. The number of benzene rings is 1. The summed E-state index contributed by atoms with van der Waals surface area (Å²) >= 11 is 1.22. The lowest BCUT2D eigenvalue weighted by Crippen LogP contribution is -2.33. The quantitative estimate of drug-likeness (QED) is 0.572. The Bertz CT molecular complexity index is 1010. The summed E-state index contributed by atoms with van der Waals surface area (Å²) in [6.07, 6.45) is 1.34. The number of nitrogens with zero attached hydrogens (tertiary/aromatic N) is 3. The molecule has 0 spiro atoms. The molecule has 0 saturated carbocycles. The second-order valence-electron chi connectivity index (χ2n) is 8.21. The van der Waals surface area contributed by atoms with Crippen molar-refractivity contribution in [1.29, 1.82) is 0 Å². The molecule has 1 aliphatic heterocycles. The van der Waals surface area contributed by atoms with E-state index in [1.165, 1.54) is 24.4 Å². The number of hydrogen-bond donors (Lipinski definition) is 1. The molecule has 2 aromatic rings. The number of anilines is 1. The molecule has 7 nitrogen and oxygen atoms in total. The Morgan fingerprint density at radius 1 is 1.30 bits per heavy atom. The molecule has 2 aliphatic rings. The molecule has 0 fully saturated rings. The highest BCUT2D eigenvalue weighted by atomic mass is 32.2. The van der Waals surface area contributed by atoms with Gasteiger partial charge in [0.1, 0.15) is 6.04 Å². The number of ether oxygens (including phenoxy) is 1. The van der Waals surface area contributed by atoms with Crippen molar-refractivity contribution in [3.63, 3.8) is 0 Å². The summed E-state index contributed by atoms with van der Waals surface area (Å²) in [6, 6.07) is 8.06. The minimum absolute atomic E-state index is 0.136.